The molecule has 1 spiro atoms. The average Bonchev–Trinajstić information content (AvgIpc) is 4.16. The molecular formula is C64H37N3O2. The van der Waals surface area contributed by atoms with Crippen LogP contribution in [-0.2, 0) is 5.41 Å². The Morgan fingerprint density at radius 2 is 0.768 bits per heavy atom. The quantitative estimate of drug-likeness (QED) is 0.172. The lowest BCUT2D eigenvalue weighted by Gasteiger charge is -2.32. The summed E-state index contributed by atoms with van der Waals surface area (Å²) >= 11 is 0. The van der Waals surface area contributed by atoms with Crippen LogP contribution in [-0.4, -0.2) is 15.0 Å². The van der Waals surface area contributed by atoms with Crippen LogP contribution >= 0.6 is 0 Å². The van der Waals surface area contributed by atoms with E-state index in [1.165, 1.54) is 50.1 Å². The zero-order valence-electron chi connectivity index (χ0n) is 37.0. The third kappa shape index (κ3) is 5.44. The van der Waals surface area contributed by atoms with Gasteiger partial charge >= 0.3 is 0 Å². The summed E-state index contributed by atoms with van der Waals surface area (Å²) in [7, 11) is 0. The Hall–Kier alpha value is -9.19. The Morgan fingerprint density at radius 1 is 0.275 bits per heavy atom. The first-order valence-corrected chi connectivity index (χ1v) is 23.4. The Labute approximate surface area is 396 Å². The minimum Gasteiger partial charge on any atom is -0.456 e. The van der Waals surface area contributed by atoms with Gasteiger partial charge in [0.25, 0.3) is 0 Å². The molecule has 0 amide bonds. The lowest BCUT2D eigenvalue weighted by molar-refractivity contribution is 0.668. The third-order valence-electron chi connectivity index (χ3n) is 14.6. The maximum atomic E-state index is 6.71. The normalized spacial score (nSPS) is 13.0. The fourth-order valence-electron chi connectivity index (χ4n) is 11.6. The van der Waals surface area contributed by atoms with Gasteiger partial charge in [0, 0.05) is 38.2 Å². The molecule has 0 bridgehead atoms. The Morgan fingerprint density at radius 3 is 1.54 bits per heavy atom. The third-order valence-corrected chi connectivity index (χ3v) is 14.6. The topological polar surface area (TPSA) is 65.0 Å². The maximum absolute atomic E-state index is 6.71. The summed E-state index contributed by atoms with van der Waals surface area (Å²) in [5.41, 5.74) is 20.2. The first-order chi connectivity index (χ1) is 34.2. The van der Waals surface area contributed by atoms with E-state index in [2.05, 4.69) is 182 Å². The maximum Gasteiger partial charge on any atom is 0.164 e. The van der Waals surface area contributed by atoms with Crippen LogP contribution in [0.25, 0.3) is 123 Å². The average molecular weight is 880 g/mol. The zero-order valence-corrected chi connectivity index (χ0v) is 37.0. The molecule has 0 fully saturated rings. The van der Waals surface area contributed by atoms with E-state index in [1.54, 1.807) is 0 Å². The molecule has 5 heteroatoms. The fraction of sp³-hybridized carbons (Fsp3) is 0.0156. The molecule has 69 heavy (non-hydrogen) atoms. The van der Waals surface area contributed by atoms with Gasteiger partial charge in [-0.1, -0.05) is 188 Å². The molecule has 3 aromatic heterocycles. The molecule has 10 aromatic carbocycles. The molecule has 320 valence electrons. The van der Waals surface area contributed by atoms with Gasteiger partial charge in [0.2, 0.25) is 0 Å². The van der Waals surface area contributed by atoms with Crippen molar-refractivity contribution >= 4 is 43.9 Å². The van der Waals surface area contributed by atoms with Crippen molar-refractivity contribution in [3.8, 4) is 78.7 Å². The van der Waals surface area contributed by atoms with Gasteiger partial charge in [-0.2, -0.15) is 0 Å². The van der Waals surface area contributed by atoms with Gasteiger partial charge in [0.15, 0.2) is 17.5 Å². The summed E-state index contributed by atoms with van der Waals surface area (Å²) in [6.07, 6.45) is 0. The number of para-hydroxylation sites is 1. The van der Waals surface area contributed by atoms with Crippen LogP contribution in [0.4, 0.5) is 0 Å². The van der Waals surface area contributed by atoms with Gasteiger partial charge in [-0.25, -0.2) is 15.0 Å². The summed E-state index contributed by atoms with van der Waals surface area (Å²) in [6, 6.07) is 79.8. The molecule has 15 rings (SSSR count). The number of benzene rings is 10. The minimum absolute atomic E-state index is 0.489. The van der Waals surface area contributed by atoms with Gasteiger partial charge in [0.1, 0.15) is 22.3 Å². The van der Waals surface area contributed by atoms with Crippen LogP contribution in [0.15, 0.2) is 233 Å². The standard InChI is InChI=1S/C64H37N3O2/c1-2-14-38(15-3-1)39-28-30-40(31-29-39)61-65-62(42-32-34-48-47-19-7-11-26-55(47)69-58(48)37-42)67-63(66-61)50-22-13-27-57-59(50)51-36-41(33-35-56(51)68-57)43-20-12-21-49-46-18-6-10-25-54(46)64(60(43)49)52-23-8-4-16-44(52)45-17-5-9-24-53(45)64/h1-37H. The van der Waals surface area contributed by atoms with E-state index in [0.29, 0.717) is 17.5 Å². The Balaban J connectivity index is 0.937. The van der Waals surface area contributed by atoms with E-state index < -0.39 is 5.41 Å². The highest BCUT2D eigenvalue weighted by molar-refractivity contribution is 6.13. The Kier molecular flexibility index (Phi) is 7.93. The van der Waals surface area contributed by atoms with Crippen LogP contribution in [0.3, 0.4) is 0 Å². The Bertz CT molecular complexity index is 4200. The van der Waals surface area contributed by atoms with Crippen molar-refractivity contribution in [1.29, 1.82) is 0 Å². The van der Waals surface area contributed by atoms with Crippen molar-refractivity contribution in [3.63, 3.8) is 0 Å². The minimum atomic E-state index is -0.489. The molecule has 0 atom stereocenters. The predicted molar refractivity (Wildman–Crippen MR) is 278 cm³/mol. The number of rotatable bonds is 5. The number of furan rings is 2. The van der Waals surface area contributed by atoms with E-state index in [-0.39, 0.29) is 0 Å². The summed E-state index contributed by atoms with van der Waals surface area (Å²) in [5, 5.41) is 4.06. The van der Waals surface area contributed by atoms with Crippen LogP contribution < -0.4 is 0 Å². The summed E-state index contributed by atoms with van der Waals surface area (Å²) < 4.78 is 13.1. The van der Waals surface area contributed by atoms with Gasteiger partial charge in [0.05, 0.1) is 5.41 Å². The monoisotopic (exact) mass is 879 g/mol. The van der Waals surface area contributed by atoms with Gasteiger partial charge in [-0.15, -0.1) is 0 Å². The molecular weight excluding hydrogens is 843 g/mol. The molecule has 0 N–H and O–H groups in total. The molecule has 0 aliphatic heterocycles. The summed E-state index contributed by atoms with van der Waals surface area (Å²) in [5.74, 6) is 1.68. The van der Waals surface area contributed by atoms with E-state index >= 15 is 0 Å². The lowest BCUT2D eigenvalue weighted by Crippen LogP contribution is -2.26. The van der Waals surface area contributed by atoms with Crippen molar-refractivity contribution in [1.82, 2.24) is 15.0 Å². The summed E-state index contributed by atoms with van der Waals surface area (Å²) in [6.45, 7) is 0. The fourth-order valence-corrected chi connectivity index (χ4v) is 11.6. The second-order valence-electron chi connectivity index (χ2n) is 18.2. The number of hydrogen-bond donors (Lipinski definition) is 0. The highest BCUT2D eigenvalue weighted by Crippen LogP contribution is 2.64. The second kappa shape index (κ2) is 14.4. The van der Waals surface area contributed by atoms with E-state index in [4.69, 9.17) is 23.8 Å². The van der Waals surface area contributed by atoms with Crippen molar-refractivity contribution in [3.05, 3.63) is 247 Å². The van der Waals surface area contributed by atoms with Crippen LogP contribution in [0, 0.1) is 0 Å². The molecule has 0 saturated heterocycles. The second-order valence-corrected chi connectivity index (χ2v) is 18.2. The predicted octanol–water partition coefficient (Wildman–Crippen LogP) is 16.3. The molecule has 2 aliphatic carbocycles. The van der Waals surface area contributed by atoms with E-state index in [9.17, 15) is 0 Å². The van der Waals surface area contributed by atoms with Gasteiger partial charge in [-0.05, 0) is 103 Å². The molecule has 3 heterocycles. The molecule has 0 radical (unpaired) electrons. The summed E-state index contributed by atoms with van der Waals surface area (Å²) in [4.78, 5) is 15.8. The van der Waals surface area contributed by atoms with Crippen molar-refractivity contribution in [2.24, 2.45) is 0 Å². The van der Waals surface area contributed by atoms with E-state index in [0.717, 1.165) is 77.3 Å². The molecule has 0 unspecified atom stereocenters. The van der Waals surface area contributed by atoms with Crippen LogP contribution in [0.1, 0.15) is 22.3 Å². The van der Waals surface area contributed by atoms with Crippen molar-refractivity contribution in [2.45, 2.75) is 5.41 Å². The molecule has 13 aromatic rings. The smallest absolute Gasteiger partial charge is 0.164 e. The van der Waals surface area contributed by atoms with Crippen molar-refractivity contribution < 1.29 is 8.83 Å². The number of nitrogens with zero attached hydrogens (tertiary/aromatic N) is 3. The van der Waals surface area contributed by atoms with Gasteiger partial charge < -0.3 is 8.83 Å². The van der Waals surface area contributed by atoms with Crippen LogP contribution in [0.5, 0.6) is 0 Å². The van der Waals surface area contributed by atoms with Crippen molar-refractivity contribution in [2.75, 3.05) is 0 Å². The highest BCUT2D eigenvalue weighted by atomic mass is 16.3. The largest absolute Gasteiger partial charge is 0.456 e. The zero-order chi connectivity index (χ0) is 45.2. The number of hydrogen-bond acceptors (Lipinski definition) is 5. The van der Waals surface area contributed by atoms with Gasteiger partial charge in [-0.3, -0.25) is 0 Å². The number of fused-ring (bicyclic) bond motifs is 16. The highest BCUT2D eigenvalue weighted by Gasteiger charge is 2.52. The number of aromatic nitrogens is 3. The molecule has 5 nitrogen and oxygen atoms in total. The molecule has 2 aliphatic rings. The lowest BCUT2D eigenvalue weighted by atomic mass is 9.68. The van der Waals surface area contributed by atoms with Crippen LogP contribution in [0.2, 0.25) is 0 Å². The SMILES string of the molecule is c1ccc(-c2ccc(-c3nc(-c4ccc5c(c4)oc4ccccc45)nc(-c4cccc5oc6ccc(-c7cccc8c7C7(c9ccccc9-c9ccccc97)c7ccccc7-8)cc6c45)n3)cc2)cc1. The van der Waals surface area contributed by atoms with E-state index in [1.807, 2.05) is 42.5 Å². The molecule has 0 saturated carbocycles. The first kappa shape index (κ1) is 38.0. The first-order valence-electron chi connectivity index (χ1n) is 23.4.